The number of nitrogens with zero attached hydrogens (tertiary/aromatic N) is 2. The van der Waals surface area contributed by atoms with Crippen LogP contribution in [0.3, 0.4) is 0 Å². The van der Waals surface area contributed by atoms with Gasteiger partial charge < -0.3 is 15.0 Å². The van der Waals surface area contributed by atoms with Crippen molar-refractivity contribution < 1.29 is 13.9 Å². The van der Waals surface area contributed by atoms with E-state index in [2.05, 4.69) is 21.2 Å². The predicted molar refractivity (Wildman–Crippen MR) is 105 cm³/mol. The van der Waals surface area contributed by atoms with Crippen molar-refractivity contribution in [1.29, 1.82) is 0 Å². The van der Waals surface area contributed by atoms with Crippen molar-refractivity contribution in [3.8, 4) is 5.75 Å². The molecule has 2 aromatic rings. The lowest BCUT2D eigenvalue weighted by Crippen LogP contribution is -2.47. The number of rotatable bonds is 7. The molecule has 0 atom stereocenters. The molecule has 3 rings (SSSR count). The summed E-state index contributed by atoms with van der Waals surface area (Å²) in [4.78, 5) is 16.8. The molecule has 144 valence electrons. The summed E-state index contributed by atoms with van der Waals surface area (Å²) in [7, 11) is 1.70. The van der Waals surface area contributed by atoms with E-state index in [0.717, 1.165) is 50.6 Å². The highest BCUT2D eigenvalue weighted by molar-refractivity contribution is 5.94. The minimum atomic E-state index is -0.334. The summed E-state index contributed by atoms with van der Waals surface area (Å²) in [5, 5.41) is 2.89. The number of ether oxygens (including phenoxy) is 1. The Morgan fingerprint density at radius 2 is 1.78 bits per heavy atom. The fourth-order valence-corrected chi connectivity index (χ4v) is 3.31. The van der Waals surface area contributed by atoms with Crippen LogP contribution < -0.4 is 15.0 Å². The normalized spacial score (nSPS) is 14.8. The molecule has 5 nitrogen and oxygen atoms in total. The topological polar surface area (TPSA) is 44.8 Å². The van der Waals surface area contributed by atoms with Gasteiger partial charge in [0.2, 0.25) is 0 Å². The summed E-state index contributed by atoms with van der Waals surface area (Å²) in [6, 6.07) is 13.7. The number of benzene rings is 2. The maximum Gasteiger partial charge on any atom is 0.251 e. The number of amides is 1. The third kappa shape index (κ3) is 5.20. The zero-order chi connectivity index (χ0) is 19.1. The minimum Gasteiger partial charge on any atom is -0.495 e. The highest BCUT2D eigenvalue weighted by Crippen LogP contribution is 2.28. The van der Waals surface area contributed by atoms with E-state index in [4.69, 9.17) is 4.74 Å². The van der Waals surface area contributed by atoms with E-state index in [0.29, 0.717) is 12.1 Å². The summed E-state index contributed by atoms with van der Waals surface area (Å²) in [5.41, 5.74) is 1.63. The number of carbonyl (C=O) groups excluding carboxylic acids is 1. The lowest BCUT2D eigenvalue weighted by atomic mass is 10.2. The molecular weight excluding hydrogens is 344 g/mol. The van der Waals surface area contributed by atoms with Crippen LogP contribution in [0.4, 0.5) is 10.1 Å². The highest BCUT2D eigenvalue weighted by atomic mass is 18.2. The average Bonchev–Trinajstić information content (AvgIpc) is 2.72. The Morgan fingerprint density at radius 1 is 1.07 bits per heavy atom. The molecule has 1 aliphatic heterocycles. The lowest BCUT2D eigenvalue weighted by Gasteiger charge is -2.36. The van der Waals surface area contributed by atoms with E-state index in [-0.39, 0.29) is 11.7 Å². The van der Waals surface area contributed by atoms with E-state index >= 15 is 0 Å². The molecule has 1 heterocycles. The zero-order valence-electron chi connectivity index (χ0n) is 15.7. The molecule has 1 saturated heterocycles. The molecule has 1 aliphatic rings. The van der Waals surface area contributed by atoms with Gasteiger partial charge in [0.05, 0.1) is 12.8 Å². The van der Waals surface area contributed by atoms with Crippen molar-refractivity contribution in [3.05, 3.63) is 59.9 Å². The van der Waals surface area contributed by atoms with E-state index in [1.165, 1.54) is 24.3 Å². The van der Waals surface area contributed by atoms with Gasteiger partial charge in [0.25, 0.3) is 5.91 Å². The molecule has 0 spiro atoms. The summed E-state index contributed by atoms with van der Waals surface area (Å²) >= 11 is 0. The first-order valence-corrected chi connectivity index (χ1v) is 9.31. The van der Waals surface area contributed by atoms with Crippen LogP contribution in [0.15, 0.2) is 48.5 Å². The maximum absolute atomic E-state index is 12.9. The molecule has 6 heteroatoms. The van der Waals surface area contributed by atoms with Crippen LogP contribution in [-0.2, 0) is 0 Å². The maximum atomic E-state index is 12.9. The van der Waals surface area contributed by atoms with Gasteiger partial charge in [0, 0.05) is 38.3 Å². The van der Waals surface area contributed by atoms with Gasteiger partial charge in [-0.05, 0) is 49.4 Å². The van der Waals surface area contributed by atoms with Gasteiger partial charge in [0.15, 0.2) is 0 Å². The van der Waals surface area contributed by atoms with Gasteiger partial charge >= 0.3 is 0 Å². The molecule has 27 heavy (non-hydrogen) atoms. The van der Waals surface area contributed by atoms with Crippen LogP contribution in [-0.4, -0.2) is 57.2 Å². The molecule has 2 aromatic carbocycles. The van der Waals surface area contributed by atoms with Gasteiger partial charge in [-0.3, -0.25) is 9.69 Å². The Hall–Kier alpha value is -2.60. The number of halogens is 1. The largest absolute Gasteiger partial charge is 0.495 e. The number of hydrogen-bond acceptors (Lipinski definition) is 4. The van der Waals surface area contributed by atoms with E-state index in [1.54, 1.807) is 7.11 Å². The molecule has 0 aliphatic carbocycles. The fraction of sp³-hybridized carbons (Fsp3) is 0.381. The number of methoxy groups -OCH3 is 1. The molecule has 0 bridgehead atoms. The number of carbonyl (C=O) groups is 1. The summed E-state index contributed by atoms with van der Waals surface area (Å²) in [5.74, 6) is 0.421. The molecular formula is C21H26FN3O2. The van der Waals surface area contributed by atoms with Gasteiger partial charge in [0.1, 0.15) is 11.6 Å². The lowest BCUT2D eigenvalue weighted by molar-refractivity contribution is 0.0951. The monoisotopic (exact) mass is 370 g/mol. The number of hydrogen-bond donors (Lipinski definition) is 1. The Morgan fingerprint density at radius 3 is 2.48 bits per heavy atom. The fourth-order valence-electron chi connectivity index (χ4n) is 3.31. The Bertz CT molecular complexity index is 743. The number of piperazine rings is 1. The van der Waals surface area contributed by atoms with Crippen molar-refractivity contribution in [2.24, 2.45) is 0 Å². The SMILES string of the molecule is COc1ccccc1N1CCN(CCCNC(=O)c2ccc([18F])cc2)CC1. The smallest absolute Gasteiger partial charge is 0.251 e. The molecule has 1 amide bonds. The van der Waals surface area contributed by atoms with Crippen LogP contribution in [0, 0.1) is 5.82 Å². The predicted octanol–water partition coefficient (Wildman–Crippen LogP) is 2.78. The Kier molecular flexibility index (Phi) is 6.65. The molecule has 0 radical (unpaired) electrons. The molecule has 0 unspecified atom stereocenters. The molecule has 1 N–H and O–H groups in total. The van der Waals surface area contributed by atoms with Gasteiger partial charge in [-0.1, -0.05) is 12.1 Å². The van der Waals surface area contributed by atoms with Crippen LogP contribution in [0.1, 0.15) is 16.8 Å². The standard InChI is InChI=1S/C21H26FN3O2/c1-27-20-6-3-2-5-19(20)25-15-13-24(14-16-25)12-4-11-23-21(26)17-7-9-18(22)10-8-17/h2-3,5-10H,4,11-16H2,1H3,(H,23,26)/i22-1. The zero-order valence-corrected chi connectivity index (χ0v) is 15.7. The van der Waals surface area contributed by atoms with Crippen LogP contribution >= 0.6 is 0 Å². The highest BCUT2D eigenvalue weighted by Gasteiger charge is 2.19. The average molecular weight is 370 g/mol. The molecule has 1 fully saturated rings. The van der Waals surface area contributed by atoms with Crippen LogP contribution in [0.5, 0.6) is 5.75 Å². The number of nitrogens with one attached hydrogen (secondary N) is 1. The second-order valence-electron chi connectivity index (χ2n) is 6.62. The quantitative estimate of drug-likeness (QED) is 0.762. The first kappa shape index (κ1) is 19.2. The third-order valence-corrected chi connectivity index (χ3v) is 4.84. The second kappa shape index (κ2) is 9.37. The van der Waals surface area contributed by atoms with Gasteiger partial charge in [-0.15, -0.1) is 0 Å². The van der Waals surface area contributed by atoms with Crippen molar-refractivity contribution in [2.75, 3.05) is 51.3 Å². The first-order valence-electron chi connectivity index (χ1n) is 9.31. The summed E-state index contributed by atoms with van der Waals surface area (Å²) in [6.07, 6.45) is 0.890. The van der Waals surface area contributed by atoms with Crippen molar-refractivity contribution in [3.63, 3.8) is 0 Å². The number of para-hydroxylation sites is 2. The van der Waals surface area contributed by atoms with Crippen molar-refractivity contribution in [1.82, 2.24) is 10.2 Å². The van der Waals surface area contributed by atoms with Gasteiger partial charge in [-0.25, -0.2) is 4.39 Å². The molecule has 0 aromatic heterocycles. The van der Waals surface area contributed by atoms with E-state index in [1.807, 2.05) is 18.2 Å². The van der Waals surface area contributed by atoms with E-state index in [9.17, 15) is 9.18 Å². The number of anilines is 1. The van der Waals surface area contributed by atoms with Crippen LogP contribution in [0.25, 0.3) is 0 Å². The van der Waals surface area contributed by atoms with Gasteiger partial charge in [-0.2, -0.15) is 0 Å². The molecule has 0 saturated carbocycles. The van der Waals surface area contributed by atoms with E-state index < -0.39 is 0 Å². The minimum absolute atomic E-state index is 0.156. The van der Waals surface area contributed by atoms with Crippen LogP contribution in [0.2, 0.25) is 0 Å². The second-order valence-corrected chi connectivity index (χ2v) is 6.62. The summed E-state index contributed by atoms with van der Waals surface area (Å²) < 4.78 is 18.3. The van der Waals surface area contributed by atoms with Crippen molar-refractivity contribution >= 4 is 11.6 Å². The van der Waals surface area contributed by atoms with Crippen molar-refractivity contribution in [2.45, 2.75) is 6.42 Å². The summed E-state index contributed by atoms with van der Waals surface area (Å²) in [6.45, 7) is 5.46. The Balaban J connectivity index is 1.37. The first-order chi connectivity index (χ1) is 13.2. The third-order valence-electron chi connectivity index (χ3n) is 4.84. The Labute approximate surface area is 159 Å².